The van der Waals surface area contributed by atoms with Gasteiger partial charge in [0.1, 0.15) is 5.75 Å². The fraction of sp³-hybridized carbons (Fsp3) is 0.250. The summed E-state index contributed by atoms with van der Waals surface area (Å²) in [5.74, 6) is -1.63. The number of alkyl halides is 3. The van der Waals surface area contributed by atoms with Crippen molar-refractivity contribution < 1.29 is 27.8 Å². The van der Waals surface area contributed by atoms with Crippen LogP contribution in [0.4, 0.5) is 13.2 Å². The topological polar surface area (TPSA) is 46.5 Å². The second-order valence-electron chi connectivity index (χ2n) is 3.78. The van der Waals surface area contributed by atoms with Crippen molar-refractivity contribution in [2.45, 2.75) is 12.6 Å². The van der Waals surface area contributed by atoms with E-state index in [1.54, 1.807) is 0 Å². The van der Waals surface area contributed by atoms with Crippen molar-refractivity contribution in [3.63, 3.8) is 0 Å². The van der Waals surface area contributed by atoms with Crippen molar-refractivity contribution in [3.05, 3.63) is 33.3 Å². The first kappa shape index (κ1) is 16.7. The molecule has 0 unspecified atom stereocenters. The van der Waals surface area contributed by atoms with E-state index in [1.165, 1.54) is 19.2 Å². The summed E-state index contributed by atoms with van der Waals surface area (Å²) in [5, 5.41) is 9.05. The van der Waals surface area contributed by atoms with Gasteiger partial charge in [-0.15, -0.1) is 0 Å². The highest BCUT2D eigenvalue weighted by Crippen LogP contribution is 2.35. The van der Waals surface area contributed by atoms with Crippen molar-refractivity contribution in [1.82, 2.24) is 0 Å². The van der Waals surface area contributed by atoms with Crippen molar-refractivity contribution >= 4 is 35.2 Å². The predicted molar refractivity (Wildman–Crippen MR) is 69.3 cm³/mol. The van der Waals surface area contributed by atoms with E-state index in [-0.39, 0.29) is 21.4 Å². The normalized spacial score (nSPS) is 12.4. The number of hydrogen-bond acceptors (Lipinski definition) is 2. The number of carbonyl (C=O) groups is 1. The predicted octanol–water partition coefficient (Wildman–Crippen LogP) is 4.42. The second-order valence-corrected chi connectivity index (χ2v) is 4.62. The Morgan fingerprint density at radius 3 is 2.45 bits per heavy atom. The first-order valence-electron chi connectivity index (χ1n) is 5.17. The zero-order valence-electron chi connectivity index (χ0n) is 10.1. The van der Waals surface area contributed by atoms with Crippen LogP contribution in [-0.2, 0) is 4.79 Å². The van der Waals surface area contributed by atoms with Crippen molar-refractivity contribution in [2.24, 2.45) is 0 Å². The molecular weight excluding hydrogens is 320 g/mol. The average Bonchev–Trinajstić information content (AvgIpc) is 2.25. The smallest absolute Gasteiger partial charge is 0.393 e. The molecule has 0 saturated heterocycles. The maximum atomic E-state index is 12.3. The Bertz CT molecular complexity index is 554. The summed E-state index contributed by atoms with van der Waals surface area (Å²) >= 11 is 11.6. The maximum Gasteiger partial charge on any atom is 0.393 e. The minimum atomic E-state index is -4.64. The highest BCUT2D eigenvalue weighted by atomic mass is 35.5. The third kappa shape index (κ3) is 4.61. The SMILES string of the molecule is COc1c(Cl)cc(Cl)cc1/C=C(\CC(F)(F)F)C(=O)O. The van der Waals surface area contributed by atoms with Gasteiger partial charge >= 0.3 is 12.1 Å². The quantitative estimate of drug-likeness (QED) is 0.832. The Morgan fingerprint density at radius 2 is 2.00 bits per heavy atom. The van der Waals surface area contributed by atoms with E-state index in [0.717, 1.165) is 6.08 Å². The molecule has 0 spiro atoms. The van der Waals surface area contributed by atoms with Gasteiger partial charge in [-0.3, -0.25) is 0 Å². The molecule has 0 fully saturated rings. The van der Waals surface area contributed by atoms with Gasteiger partial charge in [0, 0.05) is 16.2 Å². The van der Waals surface area contributed by atoms with Crippen LogP contribution in [0.25, 0.3) is 6.08 Å². The average molecular weight is 329 g/mol. The molecule has 0 aliphatic rings. The molecule has 0 radical (unpaired) electrons. The van der Waals surface area contributed by atoms with Gasteiger partial charge in [0.25, 0.3) is 0 Å². The lowest BCUT2D eigenvalue weighted by molar-refractivity contribution is -0.142. The van der Waals surface area contributed by atoms with Crippen LogP contribution < -0.4 is 4.74 Å². The molecule has 8 heteroatoms. The van der Waals surface area contributed by atoms with Gasteiger partial charge in [-0.2, -0.15) is 13.2 Å². The van der Waals surface area contributed by atoms with Gasteiger partial charge in [0.05, 0.1) is 18.6 Å². The molecule has 3 nitrogen and oxygen atoms in total. The van der Waals surface area contributed by atoms with Crippen LogP contribution >= 0.6 is 23.2 Å². The number of carboxylic acids is 1. The van der Waals surface area contributed by atoms with Gasteiger partial charge < -0.3 is 9.84 Å². The minimum Gasteiger partial charge on any atom is -0.495 e. The summed E-state index contributed by atoms with van der Waals surface area (Å²) in [7, 11) is 1.26. The number of hydrogen-bond donors (Lipinski definition) is 1. The summed E-state index contributed by atoms with van der Waals surface area (Å²) in [6.45, 7) is 0. The summed E-state index contributed by atoms with van der Waals surface area (Å²) in [5.41, 5.74) is -0.777. The van der Waals surface area contributed by atoms with Gasteiger partial charge in [0.2, 0.25) is 0 Å². The first-order valence-corrected chi connectivity index (χ1v) is 5.93. The summed E-state index contributed by atoms with van der Waals surface area (Å²) in [6.07, 6.45) is -5.37. The lowest BCUT2D eigenvalue weighted by atomic mass is 10.1. The fourth-order valence-corrected chi connectivity index (χ4v) is 2.08. The first-order chi connectivity index (χ1) is 9.14. The van der Waals surface area contributed by atoms with E-state index < -0.39 is 24.1 Å². The number of ether oxygens (including phenoxy) is 1. The van der Waals surface area contributed by atoms with Crippen LogP contribution in [0.15, 0.2) is 17.7 Å². The summed E-state index contributed by atoms with van der Waals surface area (Å²) < 4.78 is 41.9. The molecule has 0 amide bonds. The summed E-state index contributed by atoms with van der Waals surface area (Å²) in [4.78, 5) is 10.9. The number of rotatable bonds is 4. The van der Waals surface area contributed by atoms with E-state index in [4.69, 9.17) is 33.0 Å². The zero-order chi connectivity index (χ0) is 15.5. The number of carboxylic acid groups (broad SMARTS) is 1. The number of methoxy groups -OCH3 is 1. The molecule has 0 atom stereocenters. The van der Waals surface area contributed by atoms with Crippen LogP contribution in [0.1, 0.15) is 12.0 Å². The molecule has 0 aromatic heterocycles. The van der Waals surface area contributed by atoms with Crippen LogP contribution in [-0.4, -0.2) is 24.4 Å². The Morgan fingerprint density at radius 1 is 1.40 bits per heavy atom. The molecule has 0 aliphatic heterocycles. The molecule has 1 N–H and O–H groups in total. The van der Waals surface area contributed by atoms with Crippen molar-refractivity contribution in [2.75, 3.05) is 7.11 Å². The van der Waals surface area contributed by atoms with E-state index >= 15 is 0 Å². The Balaban J connectivity index is 3.34. The highest BCUT2D eigenvalue weighted by molar-refractivity contribution is 6.36. The highest BCUT2D eigenvalue weighted by Gasteiger charge is 2.31. The van der Waals surface area contributed by atoms with Crippen LogP contribution in [0.5, 0.6) is 5.75 Å². The van der Waals surface area contributed by atoms with Crippen LogP contribution in [0.3, 0.4) is 0 Å². The Hall–Kier alpha value is -1.40. The van der Waals surface area contributed by atoms with E-state index in [1.807, 2.05) is 0 Å². The molecule has 1 aromatic carbocycles. The molecule has 1 rings (SSSR count). The number of benzene rings is 1. The summed E-state index contributed by atoms with van der Waals surface area (Å²) in [6, 6.07) is 2.61. The Kier molecular flexibility index (Phi) is 5.30. The molecule has 110 valence electrons. The van der Waals surface area contributed by atoms with Gasteiger partial charge in [-0.05, 0) is 18.2 Å². The van der Waals surface area contributed by atoms with Gasteiger partial charge in [-0.25, -0.2) is 4.79 Å². The van der Waals surface area contributed by atoms with Crippen LogP contribution in [0, 0.1) is 0 Å². The monoisotopic (exact) mass is 328 g/mol. The maximum absolute atomic E-state index is 12.3. The standard InChI is InChI=1S/C12H9Cl2F3O3/c1-20-10-6(3-8(13)4-9(10)14)2-7(11(18)19)5-12(15,16)17/h2-4H,5H2,1H3,(H,18,19)/b7-2+. The lowest BCUT2D eigenvalue weighted by Crippen LogP contribution is -2.13. The third-order valence-corrected chi connectivity index (χ3v) is 2.74. The second kappa shape index (κ2) is 6.37. The van der Waals surface area contributed by atoms with E-state index in [0.29, 0.717) is 0 Å². The minimum absolute atomic E-state index is 0.0528. The van der Waals surface area contributed by atoms with Crippen LogP contribution in [0.2, 0.25) is 10.0 Å². The zero-order valence-corrected chi connectivity index (χ0v) is 11.6. The molecule has 0 bridgehead atoms. The fourth-order valence-electron chi connectivity index (χ4n) is 1.49. The van der Waals surface area contributed by atoms with Gasteiger partial charge in [-0.1, -0.05) is 23.2 Å². The molecule has 20 heavy (non-hydrogen) atoms. The van der Waals surface area contributed by atoms with E-state index in [2.05, 4.69) is 0 Å². The number of halogens is 5. The molecule has 1 aromatic rings. The largest absolute Gasteiger partial charge is 0.495 e. The third-order valence-electron chi connectivity index (χ3n) is 2.24. The van der Waals surface area contributed by atoms with Crippen molar-refractivity contribution in [1.29, 1.82) is 0 Å². The van der Waals surface area contributed by atoms with Gasteiger partial charge in [0.15, 0.2) is 0 Å². The molecular formula is C12H9Cl2F3O3. The number of aliphatic carboxylic acids is 1. The molecule has 0 heterocycles. The van der Waals surface area contributed by atoms with Crippen molar-refractivity contribution in [3.8, 4) is 5.75 Å². The van der Waals surface area contributed by atoms with E-state index in [9.17, 15) is 18.0 Å². The molecule has 0 aliphatic carbocycles. The lowest BCUT2D eigenvalue weighted by Gasteiger charge is -2.10. The molecule has 0 saturated carbocycles. The Labute approximate surface area is 122 Å².